The van der Waals surface area contributed by atoms with Crippen molar-refractivity contribution in [3.63, 3.8) is 0 Å². The summed E-state index contributed by atoms with van der Waals surface area (Å²) < 4.78 is 12.3. The molecule has 0 unspecified atom stereocenters. The molecule has 1 heterocycles. The van der Waals surface area contributed by atoms with Crippen molar-refractivity contribution >= 4 is 21.9 Å². The summed E-state index contributed by atoms with van der Waals surface area (Å²) in [7, 11) is 3.63. The van der Waals surface area contributed by atoms with Crippen LogP contribution in [0.5, 0.6) is 11.5 Å². The number of nitrogens with zero attached hydrogens (tertiary/aromatic N) is 1. The van der Waals surface area contributed by atoms with E-state index in [1.165, 1.54) is 0 Å². The third-order valence-electron chi connectivity index (χ3n) is 3.84. The Kier molecular flexibility index (Phi) is 5.02. The molecule has 5 nitrogen and oxygen atoms in total. The van der Waals surface area contributed by atoms with E-state index < -0.39 is 11.4 Å². The van der Waals surface area contributed by atoms with E-state index >= 15 is 0 Å². The molecule has 122 valence electrons. The molecule has 1 aliphatic rings. The third-order valence-corrected chi connectivity index (χ3v) is 4.30. The van der Waals surface area contributed by atoms with Gasteiger partial charge in [-0.1, -0.05) is 15.9 Å². The Morgan fingerprint density at radius 1 is 1.45 bits per heavy atom. The number of rotatable bonds is 6. The molecule has 0 aromatic heterocycles. The number of halogens is 1. The molecular weight excluding hydrogens is 350 g/mol. The molecule has 1 aromatic carbocycles. The molecule has 0 bridgehead atoms. The van der Waals surface area contributed by atoms with Crippen LogP contribution in [0.2, 0.25) is 0 Å². The number of likely N-dealkylation sites (tertiary alicyclic amines) is 1. The first kappa shape index (κ1) is 17.1. The number of hydrogen-bond donors (Lipinski definition) is 1. The SMILES string of the molecule is COc1cc(Br)cc(CC(C)(C)C(=O)O)c1OC1CN(C)C1. The monoisotopic (exact) mass is 371 g/mol. The average molecular weight is 372 g/mol. The van der Waals surface area contributed by atoms with Crippen LogP contribution in [0.3, 0.4) is 0 Å². The van der Waals surface area contributed by atoms with Crippen LogP contribution < -0.4 is 9.47 Å². The van der Waals surface area contributed by atoms with Crippen LogP contribution in [-0.4, -0.2) is 49.3 Å². The van der Waals surface area contributed by atoms with Crippen LogP contribution in [0.4, 0.5) is 0 Å². The Balaban J connectivity index is 2.33. The van der Waals surface area contributed by atoms with Gasteiger partial charge in [-0.25, -0.2) is 0 Å². The van der Waals surface area contributed by atoms with Gasteiger partial charge in [-0.2, -0.15) is 0 Å². The second-order valence-corrected chi connectivity index (χ2v) is 7.34. The average Bonchev–Trinajstić information content (AvgIpc) is 2.38. The van der Waals surface area contributed by atoms with E-state index in [9.17, 15) is 9.90 Å². The summed E-state index contributed by atoms with van der Waals surface area (Å²) in [5.41, 5.74) is -0.0338. The Morgan fingerprint density at radius 3 is 2.59 bits per heavy atom. The van der Waals surface area contributed by atoms with Gasteiger partial charge in [0, 0.05) is 23.1 Å². The molecule has 1 aliphatic heterocycles. The van der Waals surface area contributed by atoms with Crippen molar-refractivity contribution in [3.05, 3.63) is 22.2 Å². The normalized spacial score (nSPS) is 16.2. The van der Waals surface area contributed by atoms with Crippen LogP contribution in [-0.2, 0) is 11.2 Å². The highest BCUT2D eigenvalue weighted by Gasteiger charge is 2.32. The standard InChI is InChI=1S/C16H22BrNO4/c1-16(2,15(19)20)7-10-5-11(17)6-13(21-4)14(10)22-12-8-18(3)9-12/h5-6,12H,7-9H2,1-4H3,(H,19,20). The van der Waals surface area contributed by atoms with Crippen LogP contribution >= 0.6 is 15.9 Å². The van der Waals surface area contributed by atoms with Gasteiger partial charge in [0.15, 0.2) is 11.5 Å². The van der Waals surface area contributed by atoms with Gasteiger partial charge in [-0.3, -0.25) is 9.69 Å². The number of carboxylic acids is 1. The molecule has 0 saturated carbocycles. The fourth-order valence-electron chi connectivity index (χ4n) is 2.47. The highest BCUT2D eigenvalue weighted by Crippen LogP contribution is 2.39. The van der Waals surface area contributed by atoms with E-state index in [0.29, 0.717) is 17.9 Å². The molecule has 0 aliphatic carbocycles. The number of methoxy groups -OCH3 is 1. The zero-order valence-corrected chi connectivity index (χ0v) is 14.9. The first-order chi connectivity index (χ1) is 10.2. The van der Waals surface area contributed by atoms with Gasteiger partial charge < -0.3 is 14.6 Å². The van der Waals surface area contributed by atoms with Crippen molar-refractivity contribution in [3.8, 4) is 11.5 Å². The Hall–Kier alpha value is -1.27. The first-order valence-corrected chi connectivity index (χ1v) is 7.97. The number of hydrogen-bond acceptors (Lipinski definition) is 4. The topological polar surface area (TPSA) is 59.0 Å². The smallest absolute Gasteiger partial charge is 0.309 e. The first-order valence-electron chi connectivity index (χ1n) is 7.18. The fourth-order valence-corrected chi connectivity index (χ4v) is 2.96. The lowest BCUT2D eigenvalue weighted by molar-refractivity contribution is -0.146. The maximum Gasteiger partial charge on any atom is 0.309 e. The number of carboxylic acid groups (broad SMARTS) is 1. The predicted molar refractivity (Wildman–Crippen MR) is 87.7 cm³/mol. The van der Waals surface area contributed by atoms with Gasteiger partial charge >= 0.3 is 5.97 Å². The molecule has 1 saturated heterocycles. The summed E-state index contributed by atoms with van der Waals surface area (Å²) >= 11 is 3.45. The maximum atomic E-state index is 11.4. The summed E-state index contributed by atoms with van der Waals surface area (Å²) in [4.78, 5) is 13.6. The zero-order valence-electron chi connectivity index (χ0n) is 13.4. The van der Waals surface area contributed by atoms with Crippen molar-refractivity contribution in [1.82, 2.24) is 4.90 Å². The minimum Gasteiger partial charge on any atom is -0.493 e. The third kappa shape index (κ3) is 3.73. The van der Waals surface area contributed by atoms with Crippen LogP contribution in [0, 0.1) is 5.41 Å². The van der Waals surface area contributed by atoms with Gasteiger partial charge in [0.05, 0.1) is 12.5 Å². The van der Waals surface area contributed by atoms with Gasteiger partial charge in [-0.05, 0) is 39.4 Å². The predicted octanol–water partition coefficient (Wildman–Crippen LogP) is 2.80. The minimum atomic E-state index is -0.875. The molecule has 6 heteroatoms. The second kappa shape index (κ2) is 6.46. The molecule has 2 rings (SSSR count). The van der Waals surface area contributed by atoms with Crippen LogP contribution in [0.1, 0.15) is 19.4 Å². The molecule has 0 radical (unpaired) electrons. The van der Waals surface area contributed by atoms with Crippen molar-refractivity contribution in [2.45, 2.75) is 26.4 Å². The summed E-state index contributed by atoms with van der Waals surface area (Å²) in [6.07, 6.45) is 0.488. The second-order valence-electron chi connectivity index (χ2n) is 6.42. The van der Waals surface area contributed by atoms with E-state index in [4.69, 9.17) is 9.47 Å². The summed E-state index contributed by atoms with van der Waals surface area (Å²) in [6.45, 7) is 5.15. The molecule has 0 atom stereocenters. The molecule has 0 amide bonds. The van der Waals surface area contributed by atoms with E-state index in [-0.39, 0.29) is 6.10 Å². The van der Waals surface area contributed by atoms with Gasteiger partial charge in [0.2, 0.25) is 0 Å². The Morgan fingerprint density at radius 2 is 2.09 bits per heavy atom. The molecule has 1 N–H and O–H groups in total. The van der Waals surface area contributed by atoms with Gasteiger partial charge in [0.25, 0.3) is 0 Å². The maximum absolute atomic E-state index is 11.4. The lowest BCUT2D eigenvalue weighted by Crippen LogP contribution is -2.51. The number of likely N-dealkylation sites (N-methyl/N-ethyl adjacent to an activating group) is 1. The van der Waals surface area contributed by atoms with Crippen molar-refractivity contribution in [2.75, 3.05) is 27.2 Å². The van der Waals surface area contributed by atoms with Gasteiger partial charge in [0.1, 0.15) is 6.10 Å². The van der Waals surface area contributed by atoms with E-state index in [0.717, 1.165) is 23.1 Å². The molecule has 1 fully saturated rings. The Labute approximate surface area is 139 Å². The van der Waals surface area contributed by atoms with Gasteiger partial charge in [-0.15, -0.1) is 0 Å². The Bertz CT molecular complexity index is 568. The lowest BCUT2D eigenvalue weighted by Gasteiger charge is -2.37. The van der Waals surface area contributed by atoms with E-state index in [1.807, 2.05) is 19.2 Å². The molecule has 0 spiro atoms. The molecular formula is C16H22BrNO4. The largest absolute Gasteiger partial charge is 0.493 e. The minimum absolute atomic E-state index is 0.117. The van der Waals surface area contributed by atoms with Crippen molar-refractivity contribution in [2.24, 2.45) is 5.41 Å². The fraction of sp³-hybridized carbons (Fsp3) is 0.562. The highest BCUT2D eigenvalue weighted by atomic mass is 79.9. The summed E-state index contributed by atoms with van der Waals surface area (Å²) in [5, 5.41) is 9.37. The zero-order chi connectivity index (χ0) is 16.5. The number of aliphatic carboxylic acids is 1. The van der Waals surface area contributed by atoms with Crippen LogP contribution in [0.25, 0.3) is 0 Å². The van der Waals surface area contributed by atoms with Crippen molar-refractivity contribution < 1.29 is 19.4 Å². The van der Waals surface area contributed by atoms with Crippen molar-refractivity contribution in [1.29, 1.82) is 0 Å². The highest BCUT2D eigenvalue weighted by molar-refractivity contribution is 9.10. The quantitative estimate of drug-likeness (QED) is 0.832. The molecule has 22 heavy (non-hydrogen) atoms. The summed E-state index contributed by atoms with van der Waals surface area (Å²) in [5.74, 6) is 0.444. The van der Waals surface area contributed by atoms with E-state index in [1.54, 1.807) is 21.0 Å². The summed E-state index contributed by atoms with van der Waals surface area (Å²) in [6, 6.07) is 3.75. The number of carbonyl (C=O) groups is 1. The number of benzene rings is 1. The lowest BCUT2D eigenvalue weighted by atomic mass is 9.85. The van der Waals surface area contributed by atoms with E-state index in [2.05, 4.69) is 20.8 Å². The number of ether oxygens (including phenoxy) is 2. The van der Waals surface area contributed by atoms with Crippen LogP contribution in [0.15, 0.2) is 16.6 Å². The molecule has 1 aromatic rings.